The summed E-state index contributed by atoms with van der Waals surface area (Å²) in [5.74, 6) is -0.657. The number of anilines is 1. The van der Waals surface area contributed by atoms with Crippen LogP contribution in [-0.4, -0.2) is 42.3 Å². The zero-order chi connectivity index (χ0) is 18.2. The van der Waals surface area contributed by atoms with Crippen LogP contribution in [0.25, 0.3) is 0 Å². The number of rotatable bonds is 7. The molecule has 6 nitrogen and oxygen atoms in total. The monoisotopic (exact) mass is 359 g/mol. The molecule has 2 N–H and O–H groups in total. The summed E-state index contributed by atoms with van der Waals surface area (Å²) in [6.45, 7) is 4.60. The molecule has 1 aromatic carbocycles. The van der Waals surface area contributed by atoms with Gasteiger partial charge in [-0.25, -0.2) is 0 Å². The smallest absolute Gasteiger partial charge is 0.265 e. The fourth-order valence-electron chi connectivity index (χ4n) is 2.27. The molecule has 1 aromatic heterocycles. The molecule has 0 saturated heterocycles. The van der Waals surface area contributed by atoms with Crippen molar-refractivity contribution in [2.24, 2.45) is 0 Å². The fourth-order valence-corrected chi connectivity index (χ4v) is 2.89. The van der Waals surface area contributed by atoms with E-state index in [1.165, 1.54) is 16.2 Å². The maximum atomic E-state index is 12.6. The first kappa shape index (κ1) is 18.7. The molecule has 0 aliphatic rings. The van der Waals surface area contributed by atoms with Gasteiger partial charge in [-0.1, -0.05) is 12.1 Å². The summed E-state index contributed by atoms with van der Waals surface area (Å²) >= 11 is 1.35. The van der Waals surface area contributed by atoms with Crippen LogP contribution in [-0.2, 0) is 4.79 Å². The maximum Gasteiger partial charge on any atom is 0.265 e. The van der Waals surface area contributed by atoms with Crippen LogP contribution >= 0.6 is 11.3 Å². The minimum Gasteiger partial charge on any atom is -0.355 e. The van der Waals surface area contributed by atoms with Gasteiger partial charge in [0.1, 0.15) is 0 Å². The van der Waals surface area contributed by atoms with Gasteiger partial charge >= 0.3 is 0 Å². The van der Waals surface area contributed by atoms with E-state index in [9.17, 15) is 14.4 Å². The Morgan fingerprint density at radius 1 is 1.12 bits per heavy atom. The molecule has 0 saturated carbocycles. The van der Waals surface area contributed by atoms with Crippen molar-refractivity contribution in [2.45, 2.75) is 13.8 Å². The highest BCUT2D eigenvalue weighted by Crippen LogP contribution is 2.16. The number of likely N-dealkylation sites (N-methyl/N-ethyl adjacent to an activating group) is 2. The zero-order valence-corrected chi connectivity index (χ0v) is 15.1. The SMILES string of the molecule is CCNC(=O)CN(CC)C(=O)c1cccc(NC(=O)c2cccs2)c1. The lowest BCUT2D eigenvalue weighted by Gasteiger charge is -2.20. The lowest BCUT2D eigenvalue weighted by atomic mass is 10.1. The summed E-state index contributed by atoms with van der Waals surface area (Å²) in [4.78, 5) is 38.5. The van der Waals surface area contributed by atoms with Crippen LogP contribution in [0.5, 0.6) is 0 Å². The molecule has 132 valence electrons. The molecule has 7 heteroatoms. The van der Waals surface area contributed by atoms with Gasteiger partial charge in [0.25, 0.3) is 11.8 Å². The predicted molar refractivity (Wildman–Crippen MR) is 99.0 cm³/mol. The van der Waals surface area contributed by atoms with E-state index in [4.69, 9.17) is 0 Å². The molecule has 2 rings (SSSR count). The van der Waals surface area contributed by atoms with Gasteiger partial charge in [0.05, 0.1) is 11.4 Å². The Morgan fingerprint density at radius 2 is 1.92 bits per heavy atom. The van der Waals surface area contributed by atoms with Crippen molar-refractivity contribution in [3.63, 3.8) is 0 Å². The van der Waals surface area contributed by atoms with Crippen molar-refractivity contribution in [3.05, 3.63) is 52.2 Å². The minimum atomic E-state index is -0.249. The average Bonchev–Trinajstić information content (AvgIpc) is 3.14. The Balaban J connectivity index is 2.09. The first-order valence-corrected chi connectivity index (χ1v) is 8.94. The Kier molecular flexibility index (Phi) is 6.71. The third kappa shape index (κ3) is 5.15. The van der Waals surface area contributed by atoms with Crippen LogP contribution in [0, 0.1) is 0 Å². The van der Waals surface area contributed by atoms with Gasteiger partial charge < -0.3 is 15.5 Å². The molecule has 0 radical (unpaired) electrons. The number of carbonyl (C=O) groups is 3. The van der Waals surface area contributed by atoms with E-state index in [2.05, 4.69) is 10.6 Å². The van der Waals surface area contributed by atoms with Crippen LogP contribution in [0.1, 0.15) is 33.9 Å². The highest BCUT2D eigenvalue weighted by atomic mass is 32.1. The molecular weight excluding hydrogens is 338 g/mol. The normalized spacial score (nSPS) is 10.2. The van der Waals surface area contributed by atoms with E-state index in [1.807, 2.05) is 19.2 Å². The van der Waals surface area contributed by atoms with E-state index in [1.54, 1.807) is 36.4 Å². The molecule has 3 amide bonds. The molecule has 0 atom stereocenters. The van der Waals surface area contributed by atoms with Gasteiger partial charge in [0.15, 0.2) is 0 Å². The molecule has 25 heavy (non-hydrogen) atoms. The van der Waals surface area contributed by atoms with Crippen LogP contribution in [0.15, 0.2) is 41.8 Å². The van der Waals surface area contributed by atoms with Gasteiger partial charge in [0, 0.05) is 24.3 Å². The molecule has 0 aliphatic carbocycles. The highest BCUT2D eigenvalue weighted by molar-refractivity contribution is 7.12. The second-order valence-corrected chi connectivity index (χ2v) is 6.23. The third-order valence-corrected chi connectivity index (χ3v) is 4.36. The predicted octanol–water partition coefficient (Wildman–Crippen LogP) is 2.60. The average molecular weight is 359 g/mol. The van der Waals surface area contributed by atoms with E-state index < -0.39 is 0 Å². The lowest BCUT2D eigenvalue weighted by Crippen LogP contribution is -2.40. The van der Waals surface area contributed by atoms with Crippen molar-refractivity contribution in [1.82, 2.24) is 10.2 Å². The molecule has 0 bridgehead atoms. The Bertz CT molecular complexity index is 744. The second kappa shape index (κ2) is 8.98. The van der Waals surface area contributed by atoms with Crippen molar-refractivity contribution in [3.8, 4) is 0 Å². The standard InChI is InChI=1S/C18H21N3O3S/c1-3-19-16(22)12-21(4-2)18(24)13-7-5-8-14(11-13)20-17(23)15-9-6-10-25-15/h5-11H,3-4,12H2,1-2H3,(H,19,22)(H,20,23). The van der Waals surface area contributed by atoms with Crippen molar-refractivity contribution < 1.29 is 14.4 Å². The number of thiophene rings is 1. The topological polar surface area (TPSA) is 78.5 Å². The first-order chi connectivity index (χ1) is 12.0. The molecule has 0 aliphatic heterocycles. The molecule has 0 spiro atoms. The number of carbonyl (C=O) groups excluding carboxylic acids is 3. The summed E-state index contributed by atoms with van der Waals surface area (Å²) in [6.07, 6.45) is 0. The maximum absolute atomic E-state index is 12.6. The van der Waals surface area contributed by atoms with Crippen LogP contribution in [0.4, 0.5) is 5.69 Å². The number of amides is 3. The largest absolute Gasteiger partial charge is 0.355 e. The molecule has 2 aromatic rings. The van der Waals surface area contributed by atoms with Crippen LogP contribution in [0.3, 0.4) is 0 Å². The Morgan fingerprint density at radius 3 is 2.56 bits per heavy atom. The first-order valence-electron chi connectivity index (χ1n) is 8.06. The zero-order valence-electron chi connectivity index (χ0n) is 14.2. The van der Waals surface area contributed by atoms with Crippen LogP contribution < -0.4 is 10.6 Å². The third-order valence-electron chi connectivity index (χ3n) is 3.49. The summed E-state index contributed by atoms with van der Waals surface area (Å²) in [5.41, 5.74) is 0.966. The number of nitrogens with zero attached hydrogens (tertiary/aromatic N) is 1. The summed E-state index contributed by atoms with van der Waals surface area (Å²) in [6, 6.07) is 10.3. The number of nitrogens with one attached hydrogen (secondary N) is 2. The van der Waals surface area contributed by atoms with Gasteiger partial charge in [0.2, 0.25) is 5.91 Å². The molecule has 0 unspecified atom stereocenters. The molecular formula is C18H21N3O3S. The van der Waals surface area contributed by atoms with E-state index >= 15 is 0 Å². The van der Waals surface area contributed by atoms with Crippen molar-refractivity contribution in [1.29, 1.82) is 0 Å². The summed E-state index contributed by atoms with van der Waals surface area (Å²) < 4.78 is 0. The van der Waals surface area contributed by atoms with E-state index in [-0.39, 0.29) is 24.3 Å². The fraction of sp³-hybridized carbons (Fsp3) is 0.278. The lowest BCUT2D eigenvalue weighted by molar-refractivity contribution is -0.121. The Labute approximate surface area is 150 Å². The van der Waals surface area contributed by atoms with Crippen molar-refractivity contribution in [2.75, 3.05) is 25.0 Å². The quantitative estimate of drug-likeness (QED) is 0.798. The number of hydrogen-bond donors (Lipinski definition) is 2. The summed E-state index contributed by atoms with van der Waals surface area (Å²) in [7, 11) is 0. The number of hydrogen-bond acceptors (Lipinski definition) is 4. The highest BCUT2D eigenvalue weighted by Gasteiger charge is 2.17. The van der Waals surface area contributed by atoms with Gasteiger partial charge in [-0.2, -0.15) is 0 Å². The second-order valence-electron chi connectivity index (χ2n) is 5.29. The van der Waals surface area contributed by atoms with Gasteiger partial charge in [-0.3, -0.25) is 14.4 Å². The van der Waals surface area contributed by atoms with Gasteiger partial charge in [-0.15, -0.1) is 11.3 Å². The Hall–Kier alpha value is -2.67. The van der Waals surface area contributed by atoms with E-state index in [0.717, 1.165) is 0 Å². The van der Waals surface area contributed by atoms with Crippen LogP contribution in [0.2, 0.25) is 0 Å². The van der Waals surface area contributed by atoms with Gasteiger partial charge in [-0.05, 0) is 43.5 Å². The minimum absolute atomic E-state index is 0.00888. The molecule has 1 heterocycles. The van der Waals surface area contributed by atoms with E-state index in [0.29, 0.717) is 29.2 Å². The van der Waals surface area contributed by atoms with Crippen molar-refractivity contribution >= 4 is 34.7 Å². The molecule has 0 fully saturated rings. The number of benzene rings is 1. The summed E-state index contributed by atoms with van der Waals surface area (Å²) in [5, 5.41) is 7.29.